The standard InChI is InChI=1S/C32H60N2O4/c1-10-25(28(36)37-19-18-24-20-29(2,3)33-30(4,5)21-24)16-14-12-11-13-15-17-27(35)38-26-22-31(6,7)34-32(8,9)23-26/h24-26,33-34H,10-23H2,1-9H3. The summed E-state index contributed by atoms with van der Waals surface area (Å²) >= 11 is 0. The van der Waals surface area contributed by atoms with Crippen molar-refractivity contribution in [1.29, 1.82) is 0 Å². The summed E-state index contributed by atoms with van der Waals surface area (Å²) in [6.07, 6.45) is 12.3. The SMILES string of the molecule is CCC(CCCCCCCC(=O)OC1CC(C)(C)NC(C)(C)C1)C(=O)OCCC1CC(C)(C)NC(C)(C)C1. The fourth-order valence-electron chi connectivity index (χ4n) is 7.42. The molecule has 1 unspecified atom stereocenters. The lowest BCUT2D eigenvalue weighted by Gasteiger charge is -2.46. The van der Waals surface area contributed by atoms with Crippen molar-refractivity contribution >= 4 is 11.9 Å². The zero-order valence-electron chi connectivity index (χ0n) is 26.3. The van der Waals surface area contributed by atoms with Crippen LogP contribution in [0.2, 0.25) is 0 Å². The average Bonchev–Trinajstić information content (AvgIpc) is 2.71. The van der Waals surface area contributed by atoms with Crippen LogP contribution in [0.3, 0.4) is 0 Å². The Bertz CT molecular complexity index is 727. The molecule has 2 heterocycles. The molecule has 0 saturated carbocycles. The summed E-state index contributed by atoms with van der Waals surface area (Å²) in [5.41, 5.74) is 0.225. The molecule has 0 bridgehead atoms. The second-order valence-electron chi connectivity index (χ2n) is 14.9. The van der Waals surface area contributed by atoms with Crippen LogP contribution < -0.4 is 10.6 Å². The molecule has 1 atom stereocenters. The Morgan fingerprint density at radius 1 is 0.763 bits per heavy atom. The van der Waals surface area contributed by atoms with Crippen LogP contribution in [0.15, 0.2) is 0 Å². The summed E-state index contributed by atoms with van der Waals surface area (Å²) in [4.78, 5) is 25.0. The van der Waals surface area contributed by atoms with Crippen LogP contribution in [0, 0.1) is 11.8 Å². The molecule has 6 heteroatoms. The minimum Gasteiger partial charge on any atom is -0.465 e. The van der Waals surface area contributed by atoms with Gasteiger partial charge in [0.1, 0.15) is 6.10 Å². The molecule has 0 amide bonds. The maximum atomic E-state index is 12.7. The van der Waals surface area contributed by atoms with Crippen molar-refractivity contribution in [2.75, 3.05) is 6.61 Å². The van der Waals surface area contributed by atoms with Gasteiger partial charge in [-0.05, 0) is 99.8 Å². The van der Waals surface area contributed by atoms with E-state index < -0.39 is 0 Å². The predicted molar refractivity (Wildman–Crippen MR) is 156 cm³/mol. The van der Waals surface area contributed by atoms with E-state index in [1.54, 1.807) is 0 Å². The molecule has 0 aromatic rings. The van der Waals surface area contributed by atoms with Crippen molar-refractivity contribution in [1.82, 2.24) is 10.6 Å². The Balaban J connectivity index is 1.55. The number of rotatable bonds is 14. The number of ether oxygens (including phenoxy) is 2. The molecule has 0 aliphatic carbocycles. The van der Waals surface area contributed by atoms with E-state index in [-0.39, 0.29) is 46.1 Å². The van der Waals surface area contributed by atoms with Gasteiger partial charge in [0.25, 0.3) is 0 Å². The molecule has 2 saturated heterocycles. The molecule has 2 rings (SSSR count). The number of carbonyl (C=O) groups excluding carboxylic acids is 2. The second kappa shape index (κ2) is 14.0. The van der Waals surface area contributed by atoms with E-state index in [1.807, 2.05) is 0 Å². The number of hydrogen-bond donors (Lipinski definition) is 2. The van der Waals surface area contributed by atoms with Gasteiger partial charge in [0, 0.05) is 41.4 Å². The molecule has 2 aliphatic heterocycles. The molecule has 222 valence electrons. The number of nitrogens with one attached hydrogen (secondary N) is 2. The third-order valence-corrected chi connectivity index (χ3v) is 8.26. The highest BCUT2D eigenvalue weighted by molar-refractivity contribution is 5.72. The summed E-state index contributed by atoms with van der Waals surface area (Å²) in [7, 11) is 0. The molecule has 2 fully saturated rings. The average molecular weight is 537 g/mol. The molecule has 0 aromatic carbocycles. The lowest BCUT2D eigenvalue weighted by molar-refractivity contribution is -0.153. The fourth-order valence-corrected chi connectivity index (χ4v) is 7.42. The van der Waals surface area contributed by atoms with Crippen LogP contribution in [-0.4, -0.2) is 46.8 Å². The Labute approximate surface area is 234 Å². The number of unbranched alkanes of at least 4 members (excludes halogenated alkanes) is 4. The van der Waals surface area contributed by atoms with Gasteiger partial charge in [-0.1, -0.05) is 32.6 Å². The zero-order chi connectivity index (χ0) is 28.6. The van der Waals surface area contributed by atoms with E-state index in [2.05, 4.69) is 72.9 Å². The molecule has 2 aliphatic rings. The van der Waals surface area contributed by atoms with Crippen molar-refractivity contribution in [3.05, 3.63) is 0 Å². The molecule has 0 radical (unpaired) electrons. The molecule has 2 N–H and O–H groups in total. The molecular weight excluding hydrogens is 476 g/mol. The van der Waals surface area contributed by atoms with Gasteiger partial charge in [-0.3, -0.25) is 9.59 Å². The van der Waals surface area contributed by atoms with E-state index in [0.717, 1.165) is 77.0 Å². The quantitative estimate of drug-likeness (QED) is 0.182. The molecular formula is C32H60N2O4. The Kier molecular flexibility index (Phi) is 12.2. The maximum Gasteiger partial charge on any atom is 0.308 e. The number of piperidine rings is 2. The number of carbonyl (C=O) groups is 2. The van der Waals surface area contributed by atoms with Crippen LogP contribution in [0.25, 0.3) is 0 Å². The second-order valence-corrected chi connectivity index (χ2v) is 14.9. The summed E-state index contributed by atoms with van der Waals surface area (Å²) < 4.78 is 11.5. The first kappa shape index (κ1) is 33.1. The van der Waals surface area contributed by atoms with Crippen LogP contribution in [0.5, 0.6) is 0 Å². The van der Waals surface area contributed by atoms with E-state index in [4.69, 9.17) is 9.47 Å². The monoisotopic (exact) mass is 536 g/mol. The summed E-state index contributed by atoms with van der Waals surface area (Å²) in [5.74, 6) is 0.509. The van der Waals surface area contributed by atoms with Crippen LogP contribution in [-0.2, 0) is 19.1 Å². The Morgan fingerprint density at radius 3 is 1.82 bits per heavy atom. The molecule has 0 aromatic heterocycles. The molecule has 38 heavy (non-hydrogen) atoms. The highest BCUT2D eigenvalue weighted by Crippen LogP contribution is 2.35. The van der Waals surface area contributed by atoms with Crippen molar-refractivity contribution in [2.45, 2.75) is 174 Å². The topological polar surface area (TPSA) is 76.7 Å². The fraction of sp³-hybridized carbons (Fsp3) is 0.938. The van der Waals surface area contributed by atoms with Gasteiger partial charge in [-0.15, -0.1) is 0 Å². The van der Waals surface area contributed by atoms with Crippen molar-refractivity contribution in [2.24, 2.45) is 11.8 Å². The highest BCUT2D eigenvalue weighted by atomic mass is 16.5. The normalized spacial score (nSPS) is 23.5. The largest absolute Gasteiger partial charge is 0.465 e. The number of esters is 2. The van der Waals surface area contributed by atoms with Crippen LogP contribution in [0.4, 0.5) is 0 Å². The summed E-state index contributed by atoms with van der Waals surface area (Å²) in [6, 6.07) is 0. The van der Waals surface area contributed by atoms with E-state index >= 15 is 0 Å². The zero-order valence-corrected chi connectivity index (χ0v) is 26.3. The molecule has 0 spiro atoms. The van der Waals surface area contributed by atoms with Crippen LogP contribution in [0.1, 0.15) is 146 Å². The van der Waals surface area contributed by atoms with Gasteiger partial charge >= 0.3 is 11.9 Å². The van der Waals surface area contributed by atoms with Crippen molar-refractivity contribution in [3.63, 3.8) is 0 Å². The third kappa shape index (κ3) is 12.4. The van der Waals surface area contributed by atoms with Gasteiger partial charge in [-0.25, -0.2) is 0 Å². The minimum absolute atomic E-state index is 0.00199. The third-order valence-electron chi connectivity index (χ3n) is 8.26. The lowest BCUT2D eigenvalue weighted by Crippen LogP contribution is -2.59. The van der Waals surface area contributed by atoms with E-state index in [0.29, 0.717) is 18.9 Å². The van der Waals surface area contributed by atoms with Gasteiger partial charge in [0.2, 0.25) is 0 Å². The molecule has 6 nitrogen and oxygen atoms in total. The predicted octanol–water partition coefficient (Wildman–Crippen LogP) is 7.09. The first-order valence-corrected chi connectivity index (χ1v) is 15.5. The van der Waals surface area contributed by atoms with E-state index in [9.17, 15) is 9.59 Å². The van der Waals surface area contributed by atoms with Crippen molar-refractivity contribution < 1.29 is 19.1 Å². The Morgan fingerprint density at radius 2 is 1.26 bits per heavy atom. The summed E-state index contributed by atoms with van der Waals surface area (Å²) in [6.45, 7) is 20.4. The lowest BCUT2D eigenvalue weighted by atomic mass is 9.75. The highest BCUT2D eigenvalue weighted by Gasteiger charge is 2.39. The van der Waals surface area contributed by atoms with Crippen molar-refractivity contribution in [3.8, 4) is 0 Å². The van der Waals surface area contributed by atoms with E-state index in [1.165, 1.54) is 0 Å². The van der Waals surface area contributed by atoms with Gasteiger partial charge in [0.15, 0.2) is 0 Å². The Hall–Kier alpha value is -1.14. The van der Waals surface area contributed by atoms with Gasteiger partial charge in [0.05, 0.1) is 12.5 Å². The van der Waals surface area contributed by atoms with Gasteiger partial charge in [-0.2, -0.15) is 0 Å². The van der Waals surface area contributed by atoms with Gasteiger partial charge < -0.3 is 20.1 Å². The minimum atomic E-state index is -0.0612. The first-order valence-electron chi connectivity index (χ1n) is 15.5. The number of hydrogen-bond acceptors (Lipinski definition) is 6. The van der Waals surface area contributed by atoms with Crippen LogP contribution >= 0.6 is 0 Å². The summed E-state index contributed by atoms with van der Waals surface area (Å²) in [5, 5.41) is 7.36. The smallest absolute Gasteiger partial charge is 0.308 e. The first-order chi connectivity index (χ1) is 17.5. The maximum absolute atomic E-state index is 12.7.